The molecule has 1 saturated heterocycles. The lowest BCUT2D eigenvalue weighted by Crippen LogP contribution is -2.35. The van der Waals surface area contributed by atoms with Crippen LogP contribution in [0.2, 0.25) is 0 Å². The van der Waals surface area contributed by atoms with E-state index in [9.17, 15) is 4.79 Å². The quantitative estimate of drug-likeness (QED) is 0.511. The van der Waals surface area contributed by atoms with Gasteiger partial charge in [-0.05, 0) is 61.3 Å². The van der Waals surface area contributed by atoms with Crippen LogP contribution in [0, 0.1) is 5.92 Å². The number of likely N-dealkylation sites (tertiary alicyclic amines) is 1. The summed E-state index contributed by atoms with van der Waals surface area (Å²) in [5, 5.41) is 1.10. The molecule has 0 amide bonds. The number of Topliss-reactive ketones (excluding diaryl/α,β-unsaturated/α-hetero) is 1. The zero-order valence-corrected chi connectivity index (χ0v) is 18.3. The Morgan fingerprint density at radius 1 is 1.22 bits per heavy atom. The number of ketones is 1. The van der Waals surface area contributed by atoms with E-state index < -0.39 is 0 Å². The summed E-state index contributed by atoms with van der Waals surface area (Å²) in [5.41, 5.74) is 4.19. The van der Waals surface area contributed by atoms with Gasteiger partial charge in [-0.25, -0.2) is 4.98 Å². The van der Waals surface area contributed by atoms with Crippen molar-refractivity contribution in [1.82, 2.24) is 9.88 Å². The zero-order chi connectivity index (χ0) is 21.9. The third-order valence-electron chi connectivity index (χ3n) is 6.38. The van der Waals surface area contributed by atoms with Crippen molar-refractivity contribution in [1.29, 1.82) is 0 Å². The number of aliphatic imine (C=N–C) groups is 1. The van der Waals surface area contributed by atoms with Crippen LogP contribution in [0.15, 0.2) is 58.3 Å². The van der Waals surface area contributed by atoms with Crippen LogP contribution < -0.4 is 4.74 Å². The van der Waals surface area contributed by atoms with Crippen molar-refractivity contribution in [2.45, 2.75) is 32.7 Å². The first-order valence-corrected chi connectivity index (χ1v) is 11.3. The monoisotopic (exact) mass is 429 g/mol. The van der Waals surface area contributed by atoms with E-state index in [-0.39, 0.29) is 5.92 Å². The highest BCUT2D eigenvalue weighted by atomic mass is 16.5. The summed E-state index contributed by atoms with van der Waals surface area (Å²) in [6.07, 6.45) is 10.0. The van der Waals surface area contributed by atoms with Crippen molar-refractivity contribution < 1.29 is 13.9 Å². The van der Waals surface area contributed by atoms with Crippen LogP contribution in [0.5, 0.6) is 11.6 Å². The maximum absolute atomic E-state index is 11.9. The number of carbonyl (C=O) groups is 1. The normalized spacial score (nSPS) is 17.1. The number of piperidine rings is 1. The molecule has 0 atom stereocenters. The molecule has 2 aliphatic heterocycles. The smallest absolute Gasteiger partial charge is 0.219 e. The van der Waals surface area contributed by atoms with Crippen molar-refractivity contribution in [2.24, 2.45) is 10.9 Å². The molecule has 0 aliphatic carbocycles. The summed E-state index contributed by atoms with van der Waals surface area (Å²) in [7, 11) is 0. The number of pyridine rings is 1. The van der Waals surface area contributed by atoms with Crippen LogP contribution in [0.25, 0.3) is 16.5 Å². The van der Waals surface area contributed by atoms with Gasteiger partial charge in [0.25, 0.3) is 0 Å². The van der Waals surface area contributed by atoms with E-state index in [1.54, 1.807) is 0 Å². The van der Waals surface area contributed by atoms with Crippen molar-refractivity contribution in [2.75, 3.05) is 19.6 Å². The van der Waals surface area contributed by atoms with E-state index in [1.165, 1.54) is 5.56 Å². The molecular weight excluding hydrogens is 402 g/mol. The highest BCUT2D eigenvalue weighted by Crippen LogP contribution is 2.30. The molecule has 0 bridgehead atoms. The fourth-order valence-corrected chi connectivity index (χ4v) is 4.48. The van der Waals surface area contributed by atoms with Crippen molar-refractivity contribution in [3.05, 3.63) is 60.0 Å². The largest absolute Gasteiger partial charge is 0.464 e. The van der Waals surface area contributed by atoms with E-state index in [0.29, 0.717) is 30.4 Å². The molecule has 6 nitrogen and oxygen atoms in total. The van der Waals surface area contributed by atoms with Gasteiger partial charge in [-0.15, -0.1) is 0 Å². The Bertz CT molecular complexity index is 1170. The lowest BCUT2D eigenvalue weighted by Gasteiger charge is -2.30. The maximum Gasteiger partial charge on any atom is 0.219 e. The third-order valence-corrected chi connectivity index (χ3v) is 6.38. The zero-order valence-electron chi connectivity index (χ0n) is 18.3. The molecule has 164 valence electrons. The summed E-state index contributed by atoms with van der Waals surface area (Å²) in [4.78, 5) is 23.0. The summed E-state index contributed by atoms with van der Waals surface area (Å²) < 4.78 is 11.8. The molecule has 0 radical (unpaired) electrons. The standard InChI is InChI=1S/C26H27N3O3/c1-2-24(30)18-8-11-29(12-9-18)16-21-17-31-25-13-22(4-5-23(21)25)32-26-6-3-19(15-28-26)20-7-10-27-14-20/h3-7,10,13,15,17-18H,2,8-9,11-12,14,16H2,1H3. The van der Waals surface area contributed by atoms with Gasteiger partial charge < -0.3 is 9.15 Å². The van der Waals surface area contributed by atoms with Crippen LogP contribution in [0.1, 0.15) is 37.3 Å². The molecular formula is C26H27N3O3. The average Bonchev–Trinajstić information content (AvgIpc) is 3.50. The molecule has 0 spiro atoms. The average molecular weight is 430 g/mol. The molecule has 0 unspecified atom stereocenters. The second kappa shape index (κ2) is 9.09. The summed E-state index contributed by atoms with van der Waals surface area (Å²) in [6, 6.07) is 9.79. The van der Waals surface area contributed by atoms with E-state index in [2.05, 4.69) is 14.9 Å². The summed E-state index contributed by atoms with van der Waals surface area (Å²) in [6.45, 7) is 5.40. The molecule has 0 N–H and O–H groups in total. The fourth-order valence-electron chi connectivity index (χ4n) is 4.48. The van der Waals surface area contributed by atoms with Gasteiger partial charge in [0.1, 0.15) is 17.1 Å². The predicted molar refractivity (Wildman–Crippen MR) is 125 cm³/mol. The number of aromatic nitrogens is 1. The Morgan fingerprint density at radius 2 is 2.09 bits per heavy atom. The topological polar surface area (TPSA) is 67.9 Å². The summed E-state index contributed by atoms with van der Waals surface area (Å²) in [5.74, 6) is 1.88. The first-order chi connectivity index (χ1) is 15.7. The van der Waals surface area contributed by atoms with Gasteiger partial charge in [0.2, 0.25) is 5.88 Å². The SMILES string of the molecule is CCC(=O)C1CCN(Cc2coc3cc(Oc4ccc(C5=CC=NC5)cn4)ccc23)CC1. The van der Waals surface area contributed by atoms with Gasteiger partial charge in [0, 0.05) is 54.4 Å². The minimum atomic E-state index is 0.239. The molecule has 0 saturated carbocycles. The van der Waals surface area contributed by atoms with Gasteiger partial charge in [0.15, 0.2) is 0 Å². The van der Waals surface area contributed by atoms with Gasteiger partial charge in [-0.3, -0.25) is 14.7 Å². The van der Waals surface area contributed by atoms with Crippen LogP contribution in [-0.2, 0) is 11.3 Å². The molecule has 32 heavy (non-hydrogen) atoms. The van der Waals surface area contributed by atoms with Crippen molar-refractivity contribution in [3.63, 3.8) is 0 Å². The lowest BCUT2D eigenvalue weighted by atomic mass is 9.91. The minimum Gasteiger partial charge on any atom is -0.464 e. The number of ether oxygens (including phenoxy) is 1. The molecule has 6 heteroatoms. The molecule has 2 aliphatic rings. The highest BCUT2D eigenvalue weighted by Gasteiger charge is 2.24. The second-order valence-electron chi connectivity index (χ2n) is 8.46. The third kappa shape index (κ3) is 4.36. The Morgan fingerprint density at radius 3 is 2.81 bits per heavy atom. The molecule has 5 rings (SSSR count). The number of hydrogen-bond acceptors (Lipinski definition) is 6. The predicted octanol–water partition coefficient (Wildman–Crippen LogP) is 5.28. The maximum atomic E-state index is 11.9. The number of nitrogens with zero attached hydrogens (tertiary/aromatic N) is 3. The first-order valence-electron chi connectivity index (χ1n) is 11.3. The Labute approximate surface area is 187 Å². The Hall–Kier alpha value is -3.25. The van der Waals surface area contributed by atoms with Crippen LogP contribution in [0.3, 0.4) is 0 Å². The number of rotatable bonds is 7. The summed E-state index contributed by atoms with van der Waals surface area (Å²) >= 11 is 0. The fraction of sp³-hybridized carbons (Fsp3) is 0.346. The molecule has 1 fully saturated rings. The number of fused-ring (bicyclic) bond motifs is 1. The van der Waals surface area contributed by atoms with Crippen LogP contribution in [0.4, 0.5) is 0 Å². The van der Waals surface area contributed by atoms with Gasteiger partial charge in [0.05, 0.1) is 12.8 Å². The first kappa shape index (κ1) is 20.6. The molecule has 1 aromatic carbocycles. The van der Waals surface area contributed by atoms with Crippen molar-refractivity contribution >= 4 is 28.5 Å². The Balaban J connectivity index is 1.23. The molecule has 4 heterocycles. The second-order valence-corrected chi connectivity index (χ2v) is 8.46. The number of allylic oxidation sites excluding steroid dienone is 1. The molecule has 2 aromatic heterocycles. The van der Waals surface area contributed by atoms with Gasteiger partial charge in [-0.1, -0.05) is 6.92 Å². The Kier molecular flexibility index (Phi) is 5.86. The van der Waals surface area contributed by atoms with E-state index >= 15 is 0 Å². The highest BCUT2D eigenvalue weighted by molar-refractivity contribution is 5.89. The van der Waals surface area contributed by atoms with Crippen molar-refractivity contribution in [3.8, 4) is 11.6 Å². The van der Waals surface area contributed by atoms with Gasteiger partial charge >= 0.3 is 0 Å². The van der Waals surface area contributed by atoms with Crippen LogP contribution in [-0.4, -0.2) is 41.5 Å². The van der Waals surface area contributed by atoms with Gasteiger partial charge in [-0.2, -0.15) is 0 Å². The van der Waals surface area contributed by atoms with E-state index in [4.69, 9.17) is 9.15 Å². The number of furan rings is 1. The lowest BCUT2D eigenvalue weighted by molar-refractivity contribution is -0.124. The van der Waals surface area contributed by atoms with E-state index in [1.807, 2.05) is 62.0 Å². The molecule has 3 aromatic rings. The number of benzene rings is 1. The number of carbonyl (C=O) groups excluding carboxylic acids is 1. The van der Waals surface area contributed by atoms with Crippen LogP contribution >= 0.6 is 0 Å². The number of hydrogen-bond donors (Lipinski definition) is 0. The van der Waals surface area contributed by atoms with E-state index in [0.717, 1.165) is 54.6 Å². The minimum absolute atomic E-state index is 0.239.